The smallest absolute Gasteiger partial charge is 0.311 e. The van der Waals surface area contributed by atoms with E-state index in [0.29, 0.717) is 13.0 Å². The lowest BCUT2D eigenvalue weighted by Gasteiger charge is -2.09. The zero-order chi connectivity index (χ0) is 9.42. The lowest BCUT2D eigenvalue weighted by atomic mass is 10.1. The fourth-order valence-corrected chi connectivity index (χ4v) is 1.47. The third-order valence-electron chi connectivity index (χ3n) is 2.48. The summed E-state index contributed by atoms with van der Waals surface area (Å²) in [7, 11) is 1.72. The molecule has 13 heavy (non-hydrogen) atoms. The van der Waals surface area contributed by atoms with Crippen molar-refractivity contribution < 1.29 is 14.3 Å². The summed E-state index contributed by atoms with van der Waals surface area (Å²) >= 11 is 0. The van der Waals surface area contributed by atoms with E-state index in [0.717, 1.165) is 12.8 Å². The third kappa shape index (κ3) is 1.82. The molecule has 0 radical (unpaired) electrons. The number of ether oxygens (including phenoxy) is 1. The zero-order valence-electron chi connectivity index (χ0n) is 7.66. The topological polar surface area (TPSA) is 46.6 Å². The minimum absolute atomic E-state index is 0.0396. The maximum atomic E-state index is 11.4. The molecule has 0 aromatic rings. The lowest BCUT2D eigenvalue weighted by molar-refractivity contribution is -0.149. The predicted molar refractivity (Wildman–Crippen MR) is 44.9 cm³/mol. The second-order valence-electron chi connectivity index (χ2n) is 3.81. The van der Waals surface area contributed by atoms with Crippen molar-refractivity contribution in [2.45, 2.75) is 25.4 Å². The molecular formula is C9H13NO3. The highest BCUT2D eigenvalue weighted by atomic mass is 16.5. The largest absolute Gasteiger partial charge is 0.462 e. The number of hydrogen-bond donors (Lipinski definition) is 0. The molecule has 4 nitrogen and oxygen atoms in total. The molecule has 0 spiro atoms. The van der Waals surface area contributed by atoms with Gasteiger partial charge in [0.15, 0.2) is 0 Å². The molecule has 0 aromatic carbocycles. The fraction of sp³-hybridized carbons (Fsp3) is 0.778. The molecular weight excluding hydrogens is 170 g/mol. The van der Waals surface area contributed by atoms with Gasteiger partial charge in [-0.1, -0.05) is 0 Å². The van der Waals surface area contributed by atoms with Crippen LogP contribution in [0, 0.1) is 5.92 Å². The Kier molecular flexibility index (Phi) is 1.98. The molecule has 1 atom stereocenters. The molecule has 2 rings (SSSR count). The Morgan fingerprint density at radius 3 is 2.69 bits per heavy atom. The summed E-state index contributed by atoms with van der Waals surface area (Å²) in [5, 5.41) is 0. The zero-order valence-corrected chi connectivity index (χ0v) is 7.66. The van der Waals surface area contributed by atoms with E-state index in [2.05, 4.69) is 0 Å². The van der Waals surface area contributed by atoms with E-state index in [4.69, 9.17) is 4.74 Å². The predicted octanol–water partition coefficient (Wildman–Crippen LogP) is 0.170. The first-order valence-corrected chi connectivity index (χ1v) is 4.61. The van der Waals surface area contributed by atoms with Crippen LogP contribution in [-0.4, -0.2) is 36.5 Å². The maximum absolute atomic E-state index is 11.4. The molecule has 1 unspecified atom stereocenters. The van der Waals surface area contributed by atoms with E-state index in [1.165, 1.54) is 0 Å². The average Bonchev–Trinajstić information content (AvgIpc) is 2.81. The summed E-state index contributed by atoms with van der Waals surface area (Å²) < 4.78 is 5.12. The summed E-state index contributed by atoms with van der Waals surface area (Å²) in [6, 6.07) is 0. The minimum atomic E-state index is -0.224. The van der Waals surface area contributed by atoms with Crippen LogP contribution >= 0.6 is 0 Å². The first kappa shape index (κ1) is 8.53. The van der Waals surface area contributed by atoms with Gasteiger partial charge in [0.2, 0.25) is 5.91 Å². The van der Waals surface area contributed by atoms with Gasteiger partial charge in [0.25, 0.3) is 0 Å². The molecule has 2 fully saturated rings. The van der Waals surface area contributed by atoms with Gasteiger partial charge in [-0.2, -0.15) is 0 Å². The van der Waals surface area contributed by atoms with Crippen molar-refractivity contribution in [3.05, 3.63) is 0 Å². The van der Waals surface area contributed by atoms with Gasteiger partial charge in [0.1, 0.15) is 6.10 Å². The van der Waals surface area contributed by atoms with Gasteiger partial charge in [-0.25, -0.2) is 0 Å². The van der Waals surface area contributed by atoms with Gasteiger partial charge in [-0.3, -0.25) is 9.59 Å². The van der Waals surface area contributed by atoms with E-state index in [1.54, 1.807) is 11.9 Å². The Hall–Kier alpha value is -1.06. The Morgan fingerprint density at radius 1 is 1.54 bits per heavy atom. The molecule has 2 aliphatic rings. The minimum Gasteiger partial charge on any atom is -0.462 e. The van der Waals surface area contributed by atoms with Crippen molar-refractivity contribution >= 4 is 11.9 Å². The van der Waals surface area contributed by atoms with Crippen molar-refractivity contribution in [3.8, 4) is 0 Å². The highest BCUT2D eigenvalue weighted by Crippen LogP contribution is 2.26. The lowest BCUT2D eigenvalue weighted by Crippen LogP contribution is -2.23. The Balaban J connectivity index is 1.86. The number of carbonyl (C=O) groups is 2. The summed E-state index contributed by atoms with van der Waals surface area (Å²) in [5.41, 5.74) is 0. The highest BCUT2D eigenvalue weighted by Gasteiger charge is 2.36. The molecule has 0 aromatic heterocycles. The van der Waals surface area contributed by atoms with Crippen LogP contribution in [0.2, 0.25) is 0 Å². The Labute approximate surface area is 76.8 Å². The van der Waals surface area contributed by atoms with E-state index in [-0.39, 0.29) is 23.9 Å². The average molecular weight is 183 g/mol. The molecule has 1 aliphatic carbocycles. The first-order valence-electron chi connectivity index (χ1n) is 4.61. The van der Waals surface area contributed by atoms with E-state index < -0.39 is 0 Å². The highest BCUT2D eigenvalue weighted by molar-refractivity contribution is 5.86. The van der Waals surface area contributed by atoms with E-state index in [1.807, 2.05) is 0 Å². The summed E-state index contributed by atoms with van der Waals surface area (Å²) in [6.45, 7) is 0.518. The number of rotatable bonds is 2. The molecule has 1 saturated heterocycles. The van der Waals surface area contributed by atoms with Gasteiger partial charge in [-0.05, 0) is 12.8 Å². The molecule has 1 heterocycles. The molecule has 1 saturated carbocycles. The van der Waals surface area contributed by atoms with Crippen LogP contribution in [0.15, 0.2) is 0 Å². The number of amides is 1. The van der Waals surface area contributed by atoms with Crippen LogP contribution in [0.3, 0.4) is 0 Å². The Morgan fingerprint density at radius 2 is 2.23 bits per heavy atom. The van der Waals surface area contributed by atoms with Crippen LogP contribution in [-0.2, 0) is 14.3 Å². The number of esters is 1. The SMILES string of the molecule is CN1CC(C(=O)OC2CC2)CC1=O. The normalized spacial score (nSPS) is 27.9. The molecule has 4 heteroatoms. The van der Waals surface area contributed by atoms with Gasteiger partial charge in [0.05, 0.1) is 5.92 Å². The second kappa shape index (κ2) is 3.01. The van der Waals surface area contributed by atoms with Gasteiger partial charge in [0, 0.05) is 20.0 Å². The van der Waals surface area contributed by atoms with Crippen molar-refractivity contribution in [2.75, 3.05) is 13.6 Å². The van der Waals surface area contributed by atoms with Gasteiger partial charge < -0.3 is 9.64 Å². The molecule has 0 bridgehead atoms. The fourth-order valence-electron chi connectivity index (χ4n) is 1.47. The summed E-state index contributed by atoms with van der Waals surface area (Å²) in [5.74, 6) is -0.379. The second-order valence-corrected chi connectivity index (χ2v) is 3.81. The standard InChI is InChI=1S/C9H13NO3/c1-10-5-6(4-8(10)11)9(12)13-7-2-3-7/h6-7H,2-5H2,1H3. The van der Waals surface area contributed by atoms with Crippen molar-refractivity contribution in [1.82, 2.24) is 4.90 Å². The van der Waals surface area contributed by atoms with Crippen molar-refractivity contribution in [1.29, 1.82) is 0 Å². The molecule has 1 amide bonds. The first-order chi connectivity index (χ1) is 6.16. The monoisotopic (exact) mass is 183 g/mol. The van der Waals surface area contributed by atoms with E-state index in [9.17, 15) is 9.59 Å². The summed E-state index contributed by atoms with van der Waals surface area (Å²) in [6.07, 6.45) is 2.44. The van der Waals surface area contributed by atoms with Crippen molar-refractivity contribution in [2.24, 2.45) is 5.92 Å². The van der Waals surface area contributed by atoms with Crippen LogP contribution in [0.5, 0.6) is 0 Å². The number of hydrogen-bond acceptors (Lipinski definition) is 3. The Bertz CT molecular complexity index is 247. The third-order valence-corrected chi connectivity index (χ3v) is 2.48. The maximum Gasteiger partial charge on any atom is 0.311 e. The number of likely N-dealkylation sites (tertiary alicyclic amines) is 1. The van der Waals surface area contributed by atoms with Gasteiger partial charge in [-0.15, -0.1) is 0 Å². The molecule has 0 N–H and O–H groups in total. The number of carbonyl (C=O) groups excluding carboxylic acids is 2. The van der Waals surface area contributed by atoms with Crippen LogP contribution < -0.4 is 0 Å². The van der Waals surface area contributed by atoms with E-state index >= 15 is 0 Å². The molecule has 72 valence electrons. The summed E-state index contributed by atoms with van der Waals surface area (Å²) in [4.78, 5) is 24.1. The van der Waals surface area contributed by atoms with Crippen LogP contribution in [0.1, 0.15) is 19.3 Å². The number of nitrogens with zero attached hydrogens (tertiary/aromatic N) is 1. The molecule has 1 aliphatic heterocycles. The van der Waals surface area contributed by atoms with Crippen LogP contribution in [0.4, 0.5) is 0 Å². The van der Waals surface area contributed by atoms with Crippen LogP contribution in [0.25, 0.3) is 0 Å². The van der Waals surface area contributed by atoms with Crippen molar-refractivity contribution in [3.63, 3.8) is 0 Å². The van der Waals surface area contributed by atoms with Gasteiger partial charge >= 0.3 is 5.97 Å². The quantitative estimate of drug-likeness (QED) is 0.573.